The number of hydrogen-bond donors (Lipinski definition) is 0. The molecule has 0 spiro atoms. The first-order valence-electron chi connectivity index (χ1n) is 10.0. The van der Waals surface area contributed by atoms with Gasteiger partial charge < -0.3 is 14.4 Å². The van der Waals surface area contributed by atoms with Crippen LogP contribution in [-0.4, -0.2) is 58.1 Å². The van der Waals surface area contributed by atoms with Gasteiger partial charge in [-0.3, -0.25) is 14.4 Å². The standard InChI is InChI=1S/C24H23N3O3/c1-2-12-27-17-20(19-10-6-7-11-21(19)27)22(28)24(30)26-15-13-25(14-16-26)23(29)18-8-4-3-5-9-18/h2-12,17H,13-16H2,1H3. The maximum Gasteiger partial charge on any atom is 0.295 e. The normalized spacial score (nSPS) is 14.4. The number of carbonyl (C=O) groups excluding carboxylic acids is 3. The van der Waals surface area contributed by atoms with Crippen molar-refractivity contribution in [3.8, 4) is 0 Å². The molecule has 1 saturated heterocycles. The second-order valence-electron chi connectivity index (χ2n) is 7.23. The molecule has 1 aliphatic rings. The van der Waals surface area contributed by atoms with Crippen LogP contribution in [0.1, 0.15) is 27.6 Å². The molecule has 2 heterocycles. The largest absolute Gasteiger partial charge is 0.335 e. The van der Waals surface area contributed by atoms with E-state index in [9.17, 15) is 14.4 Å². The molecule has 0 radical (unpaired) electrons. The van der Waals surface area contributed by atoms with Crippen LogP contribution < -0.4 is 0 Å². The first kappa shape index (κ1) is 19.6. The summed E-state index contributed by atoms with van der Waals surface area (Å²) in [5, 5.41) is 0.756. The quantitative estimate of drug-likeness (QED) is 0.498. The molecule has 0 atom stereocenters. The molecule has 2 aromatic carbocycles. The van der Waals surface area contributed by atoms with Crippen LogP contribution in [-0.2, 0) is 4.79 Å². The molecule has 1 aliphatic heterocycles. The zero-order valence-corrected chi connectivity index (χ0v) is 16.8. The van der Waals surface area contributed by atoms with Gasteiger partial charge in [0.15, 0.2) is 0 Å². The van der Waals surface area contributed by atoms with Gasteiger partial charge in [0.1, 0.15) is 0 Å². The van der Waals surface area contributed by atoms with E-state index in [1.54, 1.807) is 28.1 Å². The van der Waals surface area contributed by atoms with Gasteiger partial charge in [-0.2, -0.15) is 0 Å². The van der Waals surface area contributed by atoms with Crippen LogP contribution >= 0.6 is 0 Å². The Kier molecular flexibility index (Phi) is 5.48. The van der Waals surface area contributed by atoms with Crippen LogP contribution in [0.3, 0.4) is 0 Å². The van der Waals surface area contributed by atoms with Gasteiger partial charge in [-0.25, -0.2) is 0 Å². The molecule has 30 heavy (non-hydrogen) atoms. The lowest BCUT2D eigenvalue weighted by Crippen LogP contribution is -2.52. The number of aromatic nitrogens is 1. The number of ketones is 1. The predicted molar refractivity (Wildman–Crippen MR) is 116 cm³/mol. The number of benzene rings is 2. The van der Waals surface area contributed by atoms with E-state index < -0.39 is 11.7 Å². The highest BCUT2D eigenvalue weighted by Crippen LogP contribution is 2.23. The van der Waals surface area contributed by atoms with Crippen LogP contribution in [0.2, 0.25) is 0 Å². The zero-order valence-electron chi connectivity index (χ0n) is 16.8. The molecular weight excluding hydrogens is 378 g/mol. The molecule has 1 fully saturated rings. The lowest BCUT2D eigenvalue weighted by Gasteiger charge is -2.34. The van der Waals surface area contributed by atoms with Crippen molar-refractivity contribution in [2.75, 3.05) is 26.2 Å². The average molecular weight is 401 g/mol. The Balaban J connectivity index is 1.48. The number of rotatable bonds is 4. The Morgan fingerprint density at radius 2 is 1.47 bits per heavy atom. The lowest BCUT2D eigenvalue weighted by atomic mass is 10.1. The third-order valence-corrected chi connectivity index (χ3v) is 5.36. The summed E-state index contributed by atoms with van der Waals surface area (Å²) in [4.78, 5) is 41.8. The van der Waals surface area contributed by atoms with Crippen LogP contribution in [0, 0.1) is 0 Å². The Labute approximate surface area is 175 Å². The third kappa shape index (κ3) is 3.64. The summed E-state index contributed by atoms with van der Waals surface area (Å²) in [5.41, 5.74) is 1.91. The van der Waals surface area contributed by atoms with Crippen LogP contribution in [0.15, 0.2) is 66.9 Å². The number of para-hydroxylation sites is 1. The maximum absolute atomic E-state index is 13.0. The van der Waals surface area contributed by atoms with Gasteiger partial charge in [0.2, 0.25) is 0 Å². The average Bonchev–Trinajstić information content (AvgIpc) is 3.17. The molecule has 4 rings (SSSR count). The lowest BCUT2D eigenvalue weighted by molar-refractivity contribution is -0.127. The van der Waals surface area contributed by atoms with Crippen molar-refractivity contribution < 1.29 is 14.4 Å². The summed E-state index contributed by atoms with van der Waals surface area (Å²) in [7, 11) is 0. The van der Waals surface area contributed by atoms with E-state index in [2.05, 4.69) is 0 Å². The molecule has 0 unspecified atom stereocenters. The second-order valence-corrected chi connectivity index (χ2v) is 7.23. The van der Waals surface area contributed by atoms with E-state index in [1.165, 1.54) is 0 Å². The minimum absolute atomic E-state index is 0.0524. The van der Waals surface area contributed by atoms with Crippen molar-refractivity contribution >= 4 is 34.7 Å². The molecule has 0 saturated carbocycles. The molecule has 3 aromatic rings. The Bertz CT molecular complexity index is 1120. The molecule has 2 amide bonds. The van der Waals surface area contributed by atoms with Gasteiger partial charge >= 0.3 is 0 Å². The van der Waals surface area contributed by atoms with E-state index in [0.717, 1.165) is 10.9 Å². The van der Waals surface area contributed by atoms with Gasteiger partial charge in [0.25, 0.3) is 17.6 Å². The van der Waals surface area contributed by atoms with E-state index in [4.69, 9.17) is 0 Å². The van der Waals surface area contributed by atoms with E-state index in [-0.39, 0.29) is 5.91 Å². The molecule has 0 aliphatic carbocycles. The number of nitrogens with zero attached hydrogens (tertiary/aromatic N) is 3. The number of fused-ring (bicyclic) bond motifs is 1. The number of Topliss-reactive ketones (excluding diaryl/α,β-unsaturated/α-hetero) is 1. The highest BCUT2D eigenvalue weighted by Gasteiger charge is 2.30. The summed E-state index contributed by atoms with van der Waals surface area (Å²) in [5.74, 6) is -1.09. The minimum Gasteiger partial charge on any atom is -0.335 e. The zero-order chi connectivity index (χ0) is 21.1. The van der Waals surface area contributed by atoms with Gasteiger partial charge in [-0.05, 0) is 25.1 Å². The van der Waals surface area contributed by atoms with Gasteiger partial charge in [0.05, 0.1) is 11.1 Å². The summed E-state index contributed by atoms with van der Waals surface area (Å²) in [6.45, 7) is 3.41. The predicted octanol–water partition coefficient (Wildman–Crippen LogP) is 3.30. The Morgan fingerprint density at radius 3 is 2.17 bits per heavy atom. The summed E-state index contributed by atoms with van der Waals surface area (Å²) in [6, 6.07) is 16.6. The van der Waals surface area contributed by atoms with Crippen LogP contribution in [0.5, 0.6) is 0 Å². The van der Waals surface area contributed by atoms with Gasteiger partial charge in [-0.15, -0.1) is 0 Å². The second kappa shape index (κ2) is 8.37. The van der Waals surface area contributed by atoms with Crippen molar-refractivity contribution in [2.24, 2.45) is 0 Å². The third-order valence-electron chi connectivity index (χ3n) is 5.36. The van der Waals surface area contributed by atoms with Crippen molar-refractivity contribution in [1.82, 2.24) is 14.4 Å². The van der Waals surface area contributed by atoms with Crippen LogP contribution in [0.25, 0.3) is 17.1 Å². The fourth-order valence-electron chi connectivity index (χ4n) is 3.80. The molecular formula is C24H23N3O3. The Hall–Kier alpha value is -3.67. The van der Waals surface area contributed by atoms with Crippen molar-refractivity contribution in [2.45, 2.75) is 6.92 Å². The molecule has 6 nitrogen and oxygen atoms in total. The molecule has 0 N–H and O–H groups in total. The highest BCUT2D eigenvalue weighted by molar-refractivity contribution is 6.45. The molecule has 0 bridgehead atoms. The monoisotopic (exact) mass is 401 g/mol. The SMILES string of the molecule is CC=Cn1cc(C(=O)C(=O)N2CCN(C(=O)c3ccccc3)CC2)c2ccccc21. The molecule has 152 valence electrons. The van der Waals surface area contributed by atoms with Crippen molar-refractivity contribution in [3.63, 3.8) is 0 Å². The smallest absolute Gasteiger partial charge is 0.295 e. The number of allylic oxidation sites excluding steroid dienone is 1. The first-order valence-corrected chi connectivity index (χ1v) is 10.0. The summed E-state index contributed by atoms with van der Waals surface area (Å²) in [6.07, 6.45) is 5.45. The fourth-order valence-corrected chi connectivity index (χ4v) is 3.80. The van der Waals surface area contributed by atoms with Crippen LogP contribution in [0.4, 0.5) is 0 Å². The summed E-state index contributed by atoms with van der Waals surface area (Å²) >= 11 is 0. The Morgan fingerprint density at radius 1 is 0.833 bits per heavy atom. The number of carbonyl (C=O) groups is 3. The van der Waals surface area contributed by atoms with Gasteiger partial charge in [0, 0.05) is 49.5 Å². The fraction of sp³-hybridized carbons (Fsp3) is 0.208. The topological polar surface area (TPSA) is 62.6 Å². The number of hydrogen-bond acceptors (Lipinski definition) is 3. The molecule has 6 heteroatoms. The van der Waals surface area contributed by atoms with E-state index in [1.807, 2.05) is 66.2 Å². The van der Waals surface area contributed by atoms with Crippen molar-refractivity contribution in [3.05, 3.63) is 78.0 Å². The maximum atomic E-state index is 13.0. The number of amides is 2. The first-order chi connectivity index (χ1) is 14.6. The van der Waals surface area contributed by atoms with E-state index >= 15 is 0 Å². The minimum atomic E-state index is -0.523. The van der Waals surface area contributed by atoms with E-state index in [0.29, 0.717) is 37.3 Å². The van der Waals surface area contributed by atoms with Crippen molar-refractivity contribution in [1.29, 1.82) is 0 Å². The summed E-state index contributed by atoms with van der Waals surface area (Å²) < 4.78 is 1.85. The highest BCUT2D eigenvalue weighted by atomic mass is 16.2. The number of piperazine rings is 1. The molecule has 1 aromatic heterocycles. The van der Waals surface area contributed by atoms with Gasteiger partial charge in [-0.1, -0.05) is 42.5 Å².